The van der Waals surface area contributed by atoms with E-state index in [2.05, 4.69) is 10.2 Å². The molecule has 4 rings (SSSR count). The Hall–Kier alpha value is -2.78. The summed E-state index contributed by atoms with van der Waals surface area (Å²) in [7, 11) is 0. The van der Waals surface area contributed by atoms with Crippen LogP contribution in [-0.2, 0) is 9.59 Å². The van der Waals surface area contributed by atoms with Gasteiger partial charge in [0, 0.05) is 0 Å². The molecule has 1 N–H and O–H groups in total. The second-order valence-electron chi connectivity index (χ2n) is 5.77. The van der Waals surface area contributed by atoms with Crippen molar-refractivity contribution in [2.45, 2.75) is 19.9 Å². The number of hydrogen-bond donors (Lipinski definition) is 1. The van der Waals surface area contributed by atoms with Crippen molar-refractivity contribution < 1.29 is 19.1 Å². The molecule has 1 aliphatic heterocycles. The van der Waals surface area contributed by atoms with Gasteiger partial charge in [0.15, 0.2) is 0 Å². The van der Waals surface area contributed by atoms with E-state index < -0.39 is 17.7 Å². The molecule has 9 heteroatoms. The minimum absolute atomic E-state index is 0.0208. The number of rotatable bonds is 3. The van der Waals surface area contributed by atoms with Crippen molar-refractivity contribution in [3.05, 3.63) is 56.6 Å². The Morgan fingerprint density at radius 2 is 2.15 bits per heavy atom. The molecule has 3 aromatic heterocycles. The quantitative estimate of drug-likeness (QED) is 0.420. The molecule has 3 aromatic rings. The van der Waals surface area contributed by atoms with Crippen LogP contribution >= 0.6 is 22.7 Å². The van der Waals surface area contributed by atoms with Crippen LogP contribution in [0.2, 0.25) is 0 Å². The van der Waals surface area contributed by atoms with Crippen molar-refractivity contribution in [3.63, 3.8) is 0 Å². The van der Waals surface area contributed by atoms with Gasteiger partial charge in [-0.3, -0.25) is 14.5 Å². The summed E-state index contributed by atoms with van der Waals surface area (Å²) in [4.78, 5) is 26.8. The van der Waals surface area contributed by atoms with E-state index in [1.165, 1.54) is 21.7 Å². The lowest BCUT2D eigenvalue weighted by Crippen LogP contribution is -2.29. The number of aryl methyl sites for hydroxylation is 2. The van der Waals surface area contributed by atoms with Gasteiger partial charge in [-0.25, -0.2) is 0 Å². The number of amides is 1. The van der Waals surface area contributed by atoms with E-state index in [1.807, 2.05) is 16.8 Å². The summed E-state index contributed by atoms with van der Waals surface area (Å²) in [5.74, 6) is -0.661. The van der Waals surface area contributed by atoms with Crippen LogP contribution in [-0.4, -0.2) is 27.0 Å². The molecule has 1 fully saturated rings. The molecule has 1 atom stereocenters. The lowest BCUT2D eigenvalue weighted by molar-refractivity contribution is -0.132. The molecule has 4 heterocycles. The first kappa shape index (κ1) is 16.7. The third kappa shape index (κ3) is 2.47. The molecule has 0 saturated carbocycles. The van der Waals surface area contributed by atoms with E-state index >= 15 is 0 Å². The van der Waals surface area contributed by atoms with Crippen LogP contribution in [0.3, 0.4) is 0 Å². The second kappa shape index (κ2) is 6.19. The molecule has 0 aliphatic carbocycles. The van der Waals surface area contributed by atoms with Gasteiger partial charge in [0.2, 0.25) is 5.13 Å². The van der Waals surface area contributed by atoms with Gasteiger partial charge >= 0.3 is 5.91 Å². The average Bonchev–Trinajstić information content (AvgIpc) is 3.36. The van der Waals surface area contributed by atoms with Gasteiger partial charge < -0.3 is 9.52 Å². The van der Waals surface area contributed by atoms with E-state index in [-0.39, 0.29) is 11.3 Å². The van der Waals surface area contributed by atoms with Crippen LogP contribution in [0, 0.1) is 13.8 Å². The van der Waals surface area contributed by atoms with E-state index in [9.17, 15) is 14.7 Å². The minimum atomic E-state index is -0.760. The number of aliphatic hydroxyl groups excluding tert-OH is 1. The van der Waals surface area contributed by atoms with Gasteiger partial charge in [0.05, 0.1) is 17.2 Å². The number of hydrogen-bond acceptors (Lipinski definition) is 8. The zero-order chi connectivity index (χ0) is 18.4. The van der Waals surface area contributed by atoms with Gasteiger partial charge in [-0.15, -0.1) is 10.2 Å². The van der Waals surface area contributed by atoms with E-state index in [4.69, 9.17) is 4.42 Å². The summed E-state index contributed by atoms with van der Waals surface area (Å²) in [5, 5.41) is 22.6. The maximum absolute atomic E-state index is 12.8. The lowest BCUT2D eigenvalue weighted by atomic mass is 9.97. The Morgan fingerprint density at radius 3 is 2.73 bits per heavy atom. The van der Waals surface area contributed by atoms with Gasteiger partial charge in [-0.1, -0.05) is 11.3 Å². The standard InChI is InChI=1S/C17H13N3O4S2/c1-8-5-11(9(2)24-8)14(21)12-13(10-3-4-25-6-10)20(16(23)15(12)22)17-19-18-7-26-17/h3-7,13,21H,1-2H3/b14-12+. The molecule has 26 heavy (non-hydrogen) atoms. The topological polar surface area (TPSA) is 96.5 Å². The summed E-state index contributed by atoms with van der Waals surface area (Å²) in [5.41, 5.74) is 2.64. The number of thiophene rings is 1. The summed E-state index contributed by atoms with van der Waals surface area (Å²) in [6.45, 7) is 3.45. The first-order chi connectivity index (χ1) is 12.5. The largest absolute Gasteiger partial charge is 0.507 e. The SMILES string of the molecule is Cc1cc(/C(O)=C2\C(=O)C(=O)N(c3nncs3)C2c2ccsc2)c(C)o1. The highest BCUT2D eigenvalue weighted by atomic mass is 32.1. The van der Waals surface area contributed by atoms with Crippen LogP contribution in [0.1, 0.15) is 28.7 Å². The predicted octanol–water partition coefficient (Wildman–Crippen LogP) is 3.44. The molecule has 1 amide bonds. The molecule has 0 aromatic carbocycles. The summed E-state index contributed by atoms with van der Waals surface area (Å²) >= 11 is 2.60. The monoisotopic (exact) mass is 387 g/mol. The predicted molar refractivity (Wildman–Crippen MR) is 97.2 cm³/mol. The number of ketones is 1. The number of furan rings is 1. The number of Topliss-reactive ketones (excluding diaryl/α,β-unsaturated/α-hetero) is 1. The van der Waals surface area contributed by atoms with Gasteiger partial charge in [-0.2, -0.15) is 11.3 Å². The number of aliphatic hydroxyl groups is 1. The van der Waals surface area contributed by atoms with Crippen LogP contribution in [0.15, 0.2) is 38.4 Å². The lowest BCUT2D eigenvalue weighted by Gasteiger charge is -2.21. The number of carbonyl (C=O) groups excluding carboxylic acids is 2. The minimum Gasteiger partial charge on any atom is -0.507 e. The zero-order valence-corrected chi connectivity index (χ0v) is 15.4. The van der Waals surface area contributed by atoms with Crippen molar-refractivity contribution in [2.75, 3.05) is 4.90 Å². The van der Waals surface area contributed by atoms with Crippen molar-refractivity contribution >= 4 is 45.3 Å². The zero-order valence-electron chi connectivity index (χ0n) is 13.8. The highest BCUT2D eigenvalue weighted by Crippen LogP contribution is 2.43. The van der Waals surface area contributed by atoms with Gasteiger partial charge in [0.1, 0.15) is 22.8 Å². The summed E-state index contributed by atoms with van der Waals surface area (Å²) in [6.07, 6.45) is 0. The molecule has 0 radical (unpaired) electrons. The molecular weight excluding hydrogens is 374 g/mol. The molecule has 0 bridgehead atoms. The number of aromatic nitrogens is 2. The fraction of sp³-hybridized carbons (Fsp3) is 0.176. The number of carbonyl (C=O) groups is 2. The van der Waals surface area contributed by atoms with Gasteiger partial charge in [0.25, 0.3) is 5.78 Å². The Kier molecular flexibility index (Phi) is 3.97. The molecule has 1 aliphatic rings. The third-order valence-electron chi connectivity index (χ3n) is 4.15. The Labute approximate surface area is 156 Å². The van der Waals surface area contributed by atoms with Gasteiger partial charge in [-0.05, 0) is 42.3 Å². The first-order valence-electron chi connectivity index (χ1n) is 7.65. The Morgan fingerprint density at radius 1 is 1.35 bits per heavy atom. The maximum atomic E-state index is 12.8. The van der Waals surface area contributed by atoms with Crippen LogP contribution in [0.4, 0.5) is 5.13 Å². The normalized spacial score (nSPS) is 19.5. The van der Waals surface area contributed by atoms with Crippen molar-refractivity contribution in [1.82, 2.24) is 10.2 Å². The molecule has 7 nitrogen and oxygen atoms in total. The molecular formula is C17H13N3O4S2. The van der Waals surface area contributed by atoms with Crippen LogP contribution < -0.4 is 4.90 Å². The van der Waals surface area contributed by atoms with E-state index in [0.717, 1.165) is 16.9 Å². The van der Waals surface area contributed by atoms with E-state index in [1.54, 1.807) is 19.9 Å². The average molecular weight is 387 g/mol. The third-order valence-corrected chi connectivity index (χ3v) is 5.54. The fourth-order valence-electron chi connectivity index (χ4n) is 3.06. The highest BCUT2D eigenvalue weighted by molar-refractivity contribution is 7.13. The molecule has 132 valence electrons. The second-order valence-corrected chi connectivity index (χ2v) is 7.37. The number of nitrogens with zero attached hydrogens (tertiary/aromatic N) is 3. The Balaban J connectivity index is 1.95. The maximum Gasteiger partial charge on any atom is 0.301 e. The molecule has 1 unspecified atom stereocenters. The van der Waals surface area contributed by atoms with E-state index in [0.29, 0.717) is 22.2 Å². The Bertz CT molecular complexity index is 1020. The molecule has 0 spiro atoms. The van der Waals surface area contributed by atoms with Crippen LogP contribution in [0.5, 0.6) is 0 Å². The number of anilines is 1. The summed E-state index contributed by atoms with van der Waals surface area (Å²) in [6, 6.07) is 2.70. The van der Waals surface area contributed by atoms with Crippen molar-refractivity contribution in [3.8, 4) is 0 Å². The molecule has 1 saturated heterocycles. The van der Waals surface area contributed by atoms with Crippen LogP contribution in [0.25, 0.3) is 5.76 Å². The summed E-state index contributed by atoms with van der Waals surface area (Å²) < 4.78 is 5.46. The fourth-order valence-corrected chi connectivity index (χ4v) is 4.32. The van der Waals surface area contributed by atoms with Crippen molar-refractivity contribution in [2.24, 2.45) is 0 Å². The van der Waals surface area contributed by atoms with Crippen molar-refractivity contribution in [1.29, 1.82) is 0 Å². The smallest absolute Gasteiger partial charge is 0.301 e. The first-order valence-corrected chi connectivity index (χ1v) is 9.48. The highest BCUT2D eigenvalue weighted by Gasteiger charge is 2.48.